The van der Waals surface area contributed by atoms with Crippen molar-refractivity contribution >= 4 is 11.6 Å². The third-order valence-corrected chi connectivity index (χ3v) is 6.36. The van der Waals surface area contributed by atoms with Gasteiger partial charge in [-0.25, -0.2) is 0 Å². The van der Waals surface area contributed by atoms with Crippen molar-refractivity contribution < 1.29 is 14.1 Å². The average molecular weight is 463 g/mol. The molecule has 0 bridgehead atoms. The predicted octanol–water partition coefficient (Wildman–Crippen LogP) is 5.10. The number of nitrogens with zero attached hydrogens (tertiary/aromatic N) is 4. The van der Waals surface area contributed by atoms with E-state index in [1.54, 1.807) is 7.11 Å². The Balaban J connectivity index is 1.49. The van der Waals surface area contributed by atoms with Crippen LogP contribution < -0.4 is 9.64 Å². The molecule has 1 aliphatic rings. The molecule has 0 spiro atoms. The maximum atomic E-state index is 13.7. The lowest BCUT2D eigenvalue weighted by Crippen LogP contribution is -2.51. The summed E-state index contributed by atoms with van der Waals surface area (Å²) in [5.74, 6) is 1.76. The first-order valence-corrected chi connectivity index (χ1v) is 11.8. The smallest absolute Gasteiger partial charge is 0.246 e. The molecule has 1 amide bonds. The molecule has 0 aliphatic carbocycles. The van der Waals surface area contributed by atoms with Crippen molar-refractivity contribution in [2.45, 2.75) is 52.6 Å². The highest BCUT2D eigenvalue weighted by Gasteiger charge is 2.35. The summed E-state index contributed by atoms with van der Waals surface area (Å²) in [7, 11) is 1.63. The third-order valence-electron chi connectivity index (χ3n) is 6.36. The highest BCUT2D eigenvalue weighted by atomic mass is 16.5. The first kappa shape index (κ1) is 23.8. The number of rotatable bonds is 6. The summed E-state index contributed by atoms with van der Waals surface area (Å²) in [4.78, 5) is 22.5. The number of hydrogen-bond acceptors (Lipinski definition) is 6. The Morgan fingerprint density at radius 2 is 1.85 bits per heavy atom. The van der Waals surface area contributed by atoms with E-state index in [-0.39, 0.29) is 23.9 Å². The SMILES string of the molecule is COc1ccc(-c2noc(CN(C(=O)C3CCCN(c4ccc(C)cc4)C3)C(C)(C)C)n2)cc1. The van der Waals surface area contributed by atoms with E-state index in [0.29, 0.717) is 11.7 Å². The van der Waals surface area contributed by atoms with Crippen molar-refractivity contribution in [3.8, 4) is 17.1 Å². The van der Waals surface area contributed by atoms with E-state index in [1.165, 1.54) is 11.3 Å². The van der Waals surface area contributed by atoms with Crippen LogP contribution in [-0.4, -0.2) is 46.7 Å². The number of methoxy groups -OCH3 is 1. The molecule has 2 aromatic carbocycles. The van der Waals surface area contributed by atoms with Crippen molar-refractivity contribution in [2.24, 2.45) is 5.92 Å². The maximum Gasteiger partial charge on any atom is 0.246 e. The van der Waals surface area contributed by atoms with Crippen molar-refractivity contribution in [3.63, 3.8) is 0 Å². The number of piperidine rings is 1. The van der Waals surface area contributed by atoms with Crippen molar-refractivity contribution in [1.82, 2.24) is 15.0 Å². The van der Waals surface area contributed by atoms with Gasteiger partial charge in [-0.3, -0.25) is 4.79 Å². The van der Waals surface area contributed by atoms with Crippen molar-refractivity contribution in [3.05, 3.63) is 60.0 Å². The van der Waals surface area contributed by atoms with Crippen molar-refractivity contribution in [1.29, 1.82) is 0 Å². The Morgan fingerprint density at radius 1 is 1.15 bits per heavy atom. The van der Waals surface area contributed by atoms with E-state index >= 15 is 0 Å². The fourth-order valence-corrected chi connectivity index (χ4v) is 4.35. The fraction of sp³-hybridized carbons (Fsp3) is 0.444. The molecule has 1 unspecified atom stereocenters. The molecule has 34 heavy (non-hydrogen) atoms. The second-order valence-corrected chi connectivity index (χ2v) is 9.96. The van der Waals surface area contributed by atoms with Gasteiger partial charge in [0.15, 0.2) is 0 Å². The Morgan fingerprint density at radius 3 is 2.50 bits per heavy atom. The fourth-order valence-electron chi connectivity index (χ4n) is 4.35. The van der Waals surface area contributed by atoms with E-state index in [9.17, 15) is 4.79 Å². The van der Waals surface area contributed by atoms with Crippen molar-refractivity contribution in [2.75, 3.05) is 25.1 Å². The zero-order chi connectivity index (χ0) is 24.3. The van der Waals surface area contributed by atoms with E-state index in [2.05, 4.69) is 46.2 Å². The van der Waals surface area contributed by atoms with Crippen LogP contribution in [0.15, 0.2) is 53.1 Å². The molecule has 180 valence electrons. The summed E-state index contributed by atoms with van der Waals surface area (Å²) < 4.78 is 10.8. The van der Waals surface area contributed by atoms with Crippen LogP contribution >= 0.6 is 0 Å². The van der Waals surface area contributed by atoms with Gasteiger partial charge < -0.3 is 19.1 Å². The van der Waals surface area contributed by atoms with Gasteiger partial charge in [-0.15, -0.1) is 0 Å². The van der Waals surface area contributed by atoms with Crippen LogP contribution in [-0.2, 0) is 11.3 Å². The minimum Gasteiger partial charge on any atom is -0.497 e. The standard InChI is InChI=1S/C27H34N4O3/c1-19-8-12-22(13-9-19)30-16-6-7-21(17-30)26(32)31(27(2,3)4)18-24-28-25(29-34-24)20-10-14-23(33-5)15-11-20/h8-15,21H,6-7,16-18H2,1-5H3. The van der Waals surface area contributed by atoms with E-state index in [4.69, 9.17) is 9.26 Å². The number of ether oxygens (including phenoxy) is 1. The minimum atomic E-state index is -0.377. The summed E-state index contributed by atoms with van der Waals surface area (Å²) >= 11 is 0. The van der Waals surface area contributed by atoms with Crippen LogP contribution in [0, 0.1) is 12.8 Å². The molecular formula is C27H34N4O3. The molecule has 0 N–H and O–H groups in total. The van der Waals surface area contributed by atoms with Crippen LogP contribution in [0.3, 0.4) is 0 Å². The quantitative estimate of drug-likeness (QED) is 0.508. The van der Waals surface area contributed by atoms with Gasteiger partial charge in [0.25, 0.3) is 0 Å². The molecule has 0 saturated carbocycles. The lowest BCUT2D eigenvalue weighted by molar-refractivity contribution is -0.142. The first-order valence-electron chi connectivity index (χ1n) is 11.8. The number of amides is 1. The maximum absolute atomic E-state index is 13.7. The number of aryl methyl sites for hydroxylation is 1. The second-order valence-electron chi connectivity index (χ2n) is 9.96. The molecule has 0 radical (unpaired) electrons. The highest BCUT2D eigenvalue weighted by molar-refractivity contribution is 5.80. The number of aromatic nitrogens is 2. The van der Waals surface area contributed by atoms with Crippen LogP contribution in [0.4, 0.5) is 5.69 Å². The van der Waals surface area contributed by atoms with Crippen LogP contribution in [0.25, 0.3) is 11.4 Å². The molecule has 7 nitrogen and oxygen atoms in total. The normalized spacial score (nSPS) is 16.4. The van der Waals surface area contributed by atoms with Gasteiger partial charge in [0.05, 0.1) is 13.0 Å². The van der Waals surface area contributed by atoms with Gasteiger partial charge in [0, 0.05) is 29.9 Å². The Hall–Kier alpha value is -3.35. The van der Waals surface area contributed by atoms with Gasteiger partial charge in [0.1, 0.15) is 12.3 Å². The molecule has 1 atom stereocenters. The number of carbonyl (C=O) groups excluding carboxylic acids is 1. The average Bonchev–Trinajstić information content (AvgIpc) is 3.31. The molecule has 2 heterocycles. The molecule has 7 heteroatoms. The summed E-state index contributed by atoms with van der Waals surface area (Å²) in [6, 6.07) is 16.0. The molecule has 1 aromatic heterocycles. The zero-order valence-corrected chi connectivity index (χ0v) is 20.7. The Labute approximate surface area is 201 Å². The summed E-state index contributed by atoms with van der Waals surface area (Å²) in [5, 5.41) is 4.13. The molecule has 3 aromatic rings. The van der Waals surface area contributed by atoms with E-state index < -0.39 is 0 Å². The van der Waals surface area contributed by atoms with E-state index in [1.807, 2.05) is 49.9 Å². The van der Waals surface area contributed by atoms with Gasteiger partial charge in [-0.2, -0.15) is 4.98 Å². The van der Waals surface area contributed by atoms with Gasteiger partial charge in [-0.05, 0) is 76.9 Å². The number of carbonyl (C=O) groups is 1. The lowest BCUT2D eigenvalue weighted by Gasteiger charge is -2.40. The molecular weight excluding hydrogens is 428 g/mol. The molecule has 4 rings (SSSR count). The largest absolute Gasteiger partial charge is 0.497 e. The van der Waals surface area contributed by atoms with Crippen LogP contribution in [0.1, 0.15) is 45.1 Å². The third kappa shape index (κ3) is 5.41. The van der Waals surface area contributed by atoms with Gasteiger partial charge >= 0.3 is 0 Å². The molecule has 1 fully saturated rings. The van der Waals surface area contributed by atoms with Gasteiger partial charge in [-0.1, -0.05) is 22.9 Å². The van der Waals surface area contributed by atoms with E-state index in [0.717, 1.165) is 37.2 Å². The predicted molar refractivity (Wildman–Crippen MR) is 133 cm³/mol. The summed E-state index contributed by atoms with van der Waals surface area (Å²) in [6.45, 7) is 10.2. The monoisotopic (exact) mass is 462 g/mol. The second kappa shape index (κ2) is 9.87. The number of hydrogen-bond donors (Lipinski definition) is 0. The first-order chi connectivity index (χ1) is 16.2. The number of anilines is 1. The Bertz CT molecular complexity index is 1100. The summed E-state index contributed by atoms with van der Waals surface area (Å²) in [6.07, 6.45) is 1.87. The van der Waals surface area contributed by atoms with Crippen LogP contribution in [0.2, 0.25) is 0 Å². The molecule has 1 aliphatic heterocycles. The zero-order valence-electron chi connectivity index (χ0n) is 20.7. The molecule has 1 saturated heterocycles. The minimum absolute atomic E-state index is 0.0711. The topological polar surface area (TPSA) is 71.7 Å². The Kier molecular flexibility index (Phi) is 6.91. The lowest BCUT2D eigenvalue weighted by atomic mass is 9.93. The van der Waals surface area contributed by atoms with Gasteiger partial charge in [0.2, 0.25) is 17.6 Å². The number of benzene rings is 2. The highest BCUT2D eigenvalue weighted by Crippen LogP contribution is 2.28. The summed E-state index contributed by atoms with van der Waals surface area (Å²) in [5.41, 5.74) is 2.87. The van der Waals surface area contributed by atoms with Crippen LogP contribution in [0.5, 0.6) is 5.75 Å².